The molecular weight excluding hydrogens is 250 g/mol. The van der Waals surface area contributed by atoms with Crippen molar-refractivity contribution in [1.29, 1.82) is 0 Å². The third-order valence-corrected chi connectivity index (χ3v) is 2.52. The zero-order valence-electron chi connectivity index (χ0n) is 10.4. The fourth-order valence-corrected chi connectivity index (χ4v) is 1.62. The van der Waals surface area contributed by atoms with Crippen molar-refractivity contribution in [3.63, 3.8) is 0 Å². The lowest BCUT2D eigenvalue weighted by Gasteiger charge is -2.10. The normalized spacial score (nSPS) is 17.5. The Morgan fingerprint density at radius 3 is 2.74 bits per heavy atom. The van der Waals surface area contributed by atoms with E-state index in [9.17, 15) is 9.59 Å². The maximum Gasteiger partial charge on any atom is 0.427 e. The predicted molar refractivity (Wildman–Crippen MR) is 67.1 cm³/mol. The second-order valence-corrected chi connectivity index (χ2v) is 3.87. The van der Waals surface area contributed by atoms with Crippen molar-refractivity contribution in [2.45, 2.75) is 13.1 Å². The van der Waals surface area contributed by atoms with Gasteiger partial charge in [0.05, 0.1) is 6.61 Å². The molecule has 2 rings (SSSR count). The molecule has 0 radical (unpaired) electrons. The Balaban J connectivity index is 1.88. The Kier molecular flexibility index (Phi) is 4.19. The summed E-state index contributed by atoms with van der Waals surface area (Å²) in [6.07, 6.45) is -0.860. The molecule has 1 fully saturated rings. The maximum atomic E-state index is 11.2. The number of anilines is 1. The second-order valence-electron chi connectivity index (χ2n) is 3.87. The molecule has 1 aliphatic heterocycles. The molecule has 0 aromatic heterocycles. The number of ether oxygens (including phenoxy) is 1. The number of hydroxylamine groups is 1. The van der Waals surface area contributed by atoms with Crippen LogP contribution in [-0.4, -0.2) is 25.2 Å². The van der Waals surface area contributed by atoms with Gasteiger partial charge in [-0.25, -0.2) is 4.79 Å². The molecule has 3 N–H and O–H groups in total. The van der Waals surface area contributed by atoms with E-state index in [1.807, 2.05) is 12.1 Å². The minimum atomic E-state index is -0.505. The number of carbonyl (C=O) groups excluding carboxylic acids is 2. The third kappa shape index (κ3) is 3.59. The zero-order chi connectivity index (χ0) is 13.7. The first-order valence-electron chi connectivity index (χ1n) is 5.91. The first-order chi connectivity index (χ1) is 9.19. The van der Waals surface area contributed by atoms with Gasteiger partial charge in [0.2, 0.25) is 0 Å². The minimum Gasteiger partial charge on any atom is -0.465 e. The summed E-state index contributed by atoms with van der Waals surface area (Å²) < 4.78 is 4.80. The van der Waals surface area contributed by atoms with Crippen LogP contribution in [0.5, 0.6) is 0 Å². The average Bonchev–Trinajstić information content (AvgIpc) is 2.84. The minimum absolute atomic E-state index is 0.120. The number of hydrogen-bond acceptors (Lipinski definition) is 6. The van der Waals surface area contributed by atoms with Crippen LogP contribution in [0.4, 0.5) is 10.5 Å². The van der Waals surface area contributed by atoms with Gasteiger partial charge in [-0.15, -0.1) is 5.48 Å². The summed E-state index contributed by atoms with van der Waals surface area (Å²) in [5.41, 5.74) is 4.20. The van der Waals surface area contributed by atoms with Crippen molar-refractivity contribution >= 4 is 17.7 Å². The highest BCUT2D eigenvalue weighted by Gasteiger charge is 2.22. The molecule has 1 aliphatic rings. The lowest BCUT2D eigenvalue weighted by molar-refractivity contribution is -0.140. The van der Waals surface area contributed by atoms with Crippen LogP contribution in [0.2, 0.25) is 0 Å². The van der Waals surface area contributed by atoms with Gasteiger partial charge in [0.1, 0.15) is 12.7 Å². The molecule has 0 bridgehead atoms. The molecule has 19 heavy (non-hydrogen) atoms. The molecule has 102 valence electrons. The fraction of sp³-hybridized carbons (Fsp3) is 0.333. The Morgan fingerprint density at radius 1 is 1.42 bits per heavy atom. The Morgan fingerprint density at radius 2 is 2.16 bits per heavy atom. The van der Waals surface area contributed by atoms with Gasteiger partial charge < -0.3 is 14.9 Å². The van der Waals surface area contributed by atoms with Crippen LogP contribution in [0.1, 0.15) is 18.7 Å². The summed E-state index contributed by atoms with van der Waals surface area (Å²) in [4.78, 5) is 26.6. The van der Waals surface area contributed by atoms with Crippen molar-refractivity contribution in [3.8, 4) is 0 Å². The second kappa shape index (κ2) is 6.05. The van der Waals surface area contributed by atoms with E-state index in [0.29, 0.717) is 6.61 Å². The van der Waals surface area contributed by atoms with E-state index in [4.69, 9.17) is 4.74 Å². The first-order valence-corrected chi connectivity index (χ1v) is 5.91. The summed E-state index contributed by atoms with van der Waals surface area (Å²) in [6, 6.07) is 7.25. The maximum absolute atomic E-state index is 11.2. The van der Waals surface area contributed by atoms with Crippen molar-refractivity contribution in [2.24, 2.45) is 0 Å². The summed E-state index contributed by atoms with van der Waals surface area (Å²) in [5.74, 6) is -0.301. The number of hydrogen-bond donors (Lipinski definition) is 3. The molecule has 1 aromatic carbocycles. The number of rotatable bonds is 5. The smallest absolute Gasteiger partial charge is 0.427 e. The Labute approximate surface area is 110 Å². The summed E-state index contributed by atoms with van der Waals surface area (Å²) in [5, 5.41) is 5.53. The van der Waals surface area contributed by atoms with Crippen molar-refractivity contribution < 1.29 is 19.2 Å². The molecule has 1 heterocycles. The summed E-state index contributed by atoms with van der Waals surface area (Å²) >= 11 is 0. The Hall–Kier alpha value is -2.28. The number of benzene rings is 1. The fourth-order valence-electron chi connectivity index (χ4n) is 1.62. The molecular formula is C12H15N3O4. The van der Waals surface area contributed by atoms with Gasteiger partial charge in [0.25, 0.3) is 0 Å². The molecule has 7 heteroatoms. The first kappa shape index (κ1) is 13.2. The van der Waals surface area contributed by atoms with E-state index in [0.717, 1.165) is 11.3 Å². The van der Waals surface area contributed by atoms with E-state index in [1.54, 1.807) is 19.1 Å². The highest BCUT2D eigenvalue weighted by molar-refractivity contribution is 5.75. The molecule has 0 saturated carbocycles. The lowest BCUT2D eigenvalue weighted by atomic mass is 10.1. The number of esters is 1. The molecule has 1 amide bonds. The Bertz CT molecular complexity index is 461. The van der Waals surface area contributed by atoms with Crippen LogP contribution in [-0.2, 0) is 14.4 Å². The molecule has 0 spiro atoms. The van der Waals surface area contributed by atoms with Gasteiger partial charge in [-0.1, -0.05) is 12.1 Å². The molecule has 1 unspecified atom stereocenters. The topological polar surface area (TPSA) is 88.7 Å². The van der Waals surface area contributed by atoms with Crippen molar-refractivity contribution in [3.05, 3.63) is 29.8 Å². The largest absolute Gasteiger partial charge is 0.465 e. The van der Waals surface area contributed by atoms with Gasteiger partial charge in [0, 0.05) is 5.69 Å². The van der Waals surface area contributed by atoms with Gasteiger partial charge in [-0.2, -0.15) is 0 Å². The van der Waals surface area contributed by atoms with Crippen LogP contribution in [0, 0.1) is 0 Å². The van der Waals surface area contributed by atoms with E-state index in [2.05, 4.69) is 21.0 Å². The van der Waals surface area contributed by atoms with E-state index in [-0.39, 0.29) is 18.7 Å². The average molecular weight is 265 g/mol. The van der Waals surface area contributed by atoms with Gasteiger partial charge in [-0.3, -0.25) is 10.1 Å². The standard InChI is InChI=1S/C12H15N3O4/c1-2-18-10(16)7-13-9-5-3-8(4-6-9)11-14-12(17)19-15-11/h3-6,11,13,15H,2,7H2,1H3,(H,14,17). The number of carbonyl (C=O) groups is 2. The molecule has 1 aromatic rings. The van der Waals surface area contributed by atoms with Crippen molar-refractivity contribution in [1.82, 2.24) is 10.8 Å². The quantitative estimate of drug-likeness (QED) is 0.686. The monoisotopic (exact) mass is 265 g/mol. The highest BCUT2D eigenvalue weighted by atomic mass is 16.7. The van der Waals surface area contributed by atoms with Crippen LogP contribution in [0.25, 0.3) is 0 Å². The van der Waals surface area contributed by atoms with Gasteiger partial charge >= 0.3 is 12.1 Å². The van der Waals surface area contributed by atoms with Gasteiger partial charge in [-0.05, 0) is 24.6 Å². The van der Waals surface area contributed by atoms with E-state index >= 15 is 0 Å². The zero-order valence-corrected chi connectivity index (χ0v) is 10.4. The number of amides is 1. The summed E-state index contributed by atoms with van der Waals surface area (Å²) in [7, 11) is 0. The van der Waals surface area contributed by atoms with E-state index < -0.39 is 6.09 Å². The molecule has 1 saturated heterocycles. The van der Waals surface area contributed by atoms with Crippen LogP contribution < -0.4 is 16.1 Å². The van der Waals surface area contributed by atoms with Crippen LogP contribution in [0.15, 0.2) is 24.3 Å². The van der Waals surface area contributed by atoms with Crippen LogP contribution in [0.3, 0.4) is 0 Å². The summed E-state index contributed by atoms with van der Waals surface area (Å²) in [6.45, 7) is 2.25. The van der Waals surface area contributed by atoms with E-state index in [1.165, 1.54) is 0 Å². The lowest BCUT2D eigenvalue weighted by Crippen LogP contribution is -2.22. The SMILES string of the molecule is CCOC(=O)CNc1ccc(C2NOC(=O)N2)cc1. The molecule has 1 atom stereocenters. The predicted octanol–water partition coefficient (Wildman–Crippen LogP) is 0.905. The van der Waals surface area contributed by atoms with Crippen LogP contribution >= 0.6 is 0 Å². The molecule has 7 nitrogen and oxygen atoms in total. The third-order valence-electron chi connectivity index (χ3n) is 2.52. The highest BCUT2D eigenvalue weighted by Crippen LogP contribution is 2.16. The van der Waals surface area contributed by atoms with Gasteiger partial charge in [0.15, 0.2) is 0 Å². The number of nitrogens with one attached hydrogen (secondary N) is 3. The van der Waals surface area contributed by atoms with Crippen molar-refractivity contribution in [2.75, 3.05) is 18.5 Å². The molecule has 0 aliphatic carbocycles.